The fourth-order valence-corrected chi connectivity index (χ4v) is 3.32. The lowest BCUT2D eigenvalue weighted by Gasteiger charge is -2.19. The Morgan fingerprint density at radius 1 is 1.12 bits per heavy atom. The molecule has 0 aliphatic heterocycles. The Hall–Kier alpha value is -2.38. The average Bonchev–Trinajstić information content (AvgIpc) is 2.55. The molecule has 1 atom stereocenters. The van der Waals surface area contributed by atoms with E-state index in [-0.39, 0.29) is 18.9 Å². The van der Waals surface area contributed by atoms with Gasteiger partial charge in [-0.1, -0.05) is 49.4 Å². The molecule has 2 aromatic carbocycles. The Kier molecular flexibility index (Phi) is 6.17. The van der Waals surface area contributed by atoms with Gasteiger partial charge in [-0.2, -0.15) is 12.7 Å². The third-order valence-corrected chi connectivity index (χ3v) is 5.31. The normalized spacial score (nSPS) is 12.8. The van der Waals surface area contributed by atoms with Gasteiger partial charge in [-0.15, -0.1) is 0 Å². The van der Waals surface area contributed by atoms with Gasteiger partial charge in [-0.05, 0) is 29.2 Å². The van der Waals surface area contributed by atoms with Crippen LogP contribution < -0.4 is 4.72 Å². The Labute approximate surface area is 148 Å². The van der Waals surface area contributed by atoms with E-state index in [1.807, 2.05) is 37.3 Å². The van der Waals surface area contributed by atoms with Crippen molar-refractivity contribution in [1.82, 2.24) is 4.31 Å². The van der Waals surface area contributed by atoms with Crippen LogP contribution in [0.1, 0.15) is 30.4 Å². The van der Waals surface area contributed by atoms with Gasteiger partial charge in [0.25, 0.3) is 0 Å². The van der Waals surface area contributed by atoms with Crippen molar-refractivity contribution in [2.24, 2.45) is 0 Å². The molecule has 7 heteroatoms. The zero-order valence-corrected chi connectivity index (χ0v) is 15.0. The minimum atomic E-state index is -3.67. The third-order valence-electron chi connectivity index (χ3n) is 3.87. The highest BCUT2D eigenvalue weighted by Gasteiger charge is 2.18. The number of benzene rings is 2. The van der Waals surface area contributed by atoms with E-state index in [0.29, 0.717) is 5.69 Å². The standard InChI is InChI=1S/C18H22N2O4S/c1-14(12-18(21)22)16-8-10-17(11-9-16)19-25(23,24)20(2)13-15-6-4-3-5-7-15/h3-11,14,19H,12-13H2,1-2H3,(H,21,22). The van der Waals surface area contributed by atoms with Crippen molar-refractivity contribution >= 4 is 21.9 Å². The van der Waals surface area contributed by atoms with Gasteiger partial charge in [0.15, 0.2) is 0 Å². The first-order valence-electron chi connectivity index (χ1n) is 7.87. The number of carboxylic acid groups (broad SMARTS) is 1. The summed E-state index contributed by atoms with van der Waals surface area (Å²) in [5.41, 5.74) is 2.18. The highest BCUT2D eigenvalue weighted by atomic mass is 32.2. The maximum atomic E-state index is 12.4. The maximum absolute atomic E-state index is 12.4. The van der Waals surface area contributed by atoms with Crippen LogP contribution in [0, 0.1) is 0 Å². The zero-order chi connectivity index (χ0) is 18.4. The zero-order valence-electron chi connectivity index (χ0n) is 14.2. The molecule has 0 amide bonds. The Balaban J connectivity index is 2.03. The van der Waals surface area contributed by atoms with Crippen molar-refractivity contribution in [3.05, 3.63) is 65.7 Å². The number of hydrogen-bond donors (Lipinski definition) is 2. The van der Waals surface area contributed by atoms with Crippen LogP contribution >= 0.6 is 0 Å². The number of anilines is 1. The fourth-order valence-electron chi connectivity index (χ4n) is 2.41. The van der Waals surface area contributed by atoms with Crippen LogP contribution in [0.3, 0.4) is 0 Å². The van der Waals surface area contributed by atoms with Crippen molar-refractivity contribution in [3.8, 4) is 0 Å². The van der Waals surface area contributed by atoms with E-state index in [1.54, 1.807) is 24.3 Å². The van der Waals surface area contributed by atoms with E-state index >= 15 is 0 Å². The number of nitrogens with one attached hydrogen (secondary N) is 1. The molecule has 2 aromatic rings. The largest absolute Gasteiger partial charge is 0.481 e. The summed E-state index contributed by atoms with van der Waals surface area (Å²) >= 11 is 0. The summed E-state index contributed by atoms with van der Waals surface area (Å²) in [6.07, 6.45) is 0.0326. The summed E-state index contributed by atoms with van der Waals surface area (Å²) in [6, 6.07) is 16.1. The van der Waals surface area contributed by atoms with Gasteiger partial charge >= 0.3 is 16.2 Å². The van der Waals surface area contributed by atoms with Gasteiger partial charge < -0.3 is 5.11 Å². The Morgan fingerprint density at radius 2 is 1.72 bits per heavy atom. The topological polar surface area (TPSA) is 86.7 Å². The van der Waals surface area contributed by atoms with Gasteiger partial charge in [-0.25, -0.2) is 0 Å². The van der Waals surface area contributed by atoms with Crippen LogP contribution in [-0.4, -0.2) is 30.8 Å². The summed E-state index contributed by atoms with van der Waals surface area (Å²) in [7, 11) is -2.16. The second-order valence-corrected chi connectivity index (χ2v) is 7.75. The molecule has 0 heterocycles. The third kappa shape index (κ3) is 5.58. The van der Waals surface area contributed by atoms with Gasteiger partial charge in [0.05, 0.1) is 6.42 Å². The van der Waals surface area contributed by atoms with Crippen LogP contribution in [0.5, 0.6) is 0 Å². The highest BCUT2D eigenvalue weighted by molar-refractivity contribution is 7.90. The SMILES string of the molecule is CC(CC(=O)O)c1ccc(NS(=O)(=O)N(C)Cc2ccccc2)cc1. The van der Waals surface area contributed by atoms with Crippen LogP contribution in [0.25, 0.3) is 0 Å². The summed E-state index contributed by atoms with van der Waals surface area (Å²) in [6.45, 7) is 2.09. The molecule has 0 spiro atoms. The second-order valence-electron chi connectivity index (χ2n) is 5.97. The fraction of sp³-hybridized carbons (Fsp3) is 0.278. The van der Waals surface area contributed by atoms with E-state index in [4.69, 9.17) is 5.11 Å². The average molecular weight is 362 g/mol. The van der Waals surface area contributed by atoms with Crippen molar-refractivity contribution in [2.45, 2.75) is 25.8 Å². The lowest BCUT2D eigenvalue weighted by molar-refractivity contribution is -0.137. The number of carbonyl (C=O) groups is 1. The van der Waals surface area contributed by atoms with Gasteiger partial charge in [-0.3, -0.25) is 9.52 Å². The van der Waals surface area contributed by atoms with Gasteiger partial charge in [0.2, 0.25) is 0 Å². The molecule has 2 rings (SSSR count). The van der Waals surface area contributed by atoms with E-state index < -0.39 is 16.2 Å². The Morgan fingerprint density at radius 3 is 2.28 bits per heavy atom. The number of aliphatic carboxylic acids is 1. The molecule has 0 fully saturated rings. The maximum Gasteiger partial charge on any atom is 0.303 e. The highest BCUT2D eigenvalue weighted by Crippen LogP contribution is 2.22. The summed E-state index contributed by atoms with van der Waals surface area (Å²) in [5.74, 6) is -0.997. The first-order valence-corrected chi connectivity index (χ1v) is 9.31. The second kappa shape index (κ2) is 8.13. The molecule has 0 saturated carbocycles. The molecule has 6 nitrogen and oxygen atoms in total. The van der Waals surface area contributed by atoms with Gasteiger partial charge in [0.1, 0.15) is 0 Å². The monoisotopic (exact) mass is 362 g/mol. The van der Waals surface area contributed by atoms with Crippen molar-refractivity contribution in [1.29, 1.82) is 0 Å². The molecule has 0 aliphatic carbocycles. The molecule has 0 radical (unpaired) electrons. The van der Waals surface area contributed by atoms with Crippen molar-refractivity contribution in [3.63, 3.8) is 0 Å². The van der Waals surface area contributed by atoms with E-state index in [1.165, 1.54) is 11.4 Å². The summed E-state index contributed by atoms with van der Waals surface area (Å²) < 4.78 is 28.6. The van der Waals surface area contributed by atoms with Crippen LogP contribution in [0.15, 0.2) is 54.6 Å². The van der Waals surface area contributed by atoms with E-state index in [9.17, 15) is 13.2 Å². The molecular formula is C18H22N2O4S. The van der Waals surface area contributed by atoms with Crippen molar-refractivity contribution in [2.75, 3.05) is 11.8 Å². The smallest absolute Gasteiger partial charge is 0.303 e. The summed E-state index contributed by atoms with van der Waals surface area (Å²) in [4.78, 5) is 10.8. The number of hydrogen-bond acceptors (Lipinski definition) is 3. The minimum absolute atomic E-state index is 0.0326. The van der Waals surface area contributed by atoms with E-state index in [2.05, 4.69) is 4.72 Å². The number of nitrogens with zero attached hydrogens (tertiary/aromatic N) is 1. The molecule has 0 aromatic heterocycles. The summed E-state index contributed by atoms with van der Waals surface area (Å²) in [5, 5.41) is 8.84. The predicted octanol–water partition coefficient (Wildman–Crippen LogP) is 3.05. The molecule has 2 N–H and O–H groups in total. The van der Waals surface area contributed by atoms with E-state index in [0.717, 1.165) is 11.1 Å². The molecule has 25 heavy (non-hydrogen) atoms. The van der Waals surface area contributed by atoms with Crippen LogP contribution in [-0.2, 0) is 21.5 Å². The molecule has 0 aliphatic rings. The molecular weight excluding hydrogens is 340 g/mol. The predicted molar refractivity (Wildman–Crippen MR) is 97.6 cm³/mol. The number of rotatable bonds is 8. The molecule has 1 unspecified atom stereocenters. The minimum Gasteiger partial charge on any atom is -0.481 e. The lowest BCUT2D eigenvalue weighted by atomic mass is 9.98. The first kappa shape index (κ1) is 19.0. The lowest BCUT2D eigenvalue weighted by Crippen LogP contribution is -2.32. The Bertz CT molecular complexity index is 805. The van der Waals surface area contributed by atoms with Crippen molar-refractivity contribution < 1.29 is 18.3 Å². The van der Waals surface area contributed by atoms with Crippen LogP contribution in [0.2, 0.25) is 0 Å². The molecule has 134 valence electrons. The molecule has 0 bridgehead atoms. The number of carboxylic acids is 1. The van der Waals surface area contributed by atoms with Gasteiger partial charge in [0, 0.05) is 19.3 Å². The molecule has 0 saturated heterocycles. The quantitative estimate of drug-likeness (QED) is 0.756. The first-order chi connectivity index (χ1) is 11.8. The van der Waals surface area contributed by atoms with Crippen LogP contribution in [0.4, 0.5) is 5.69 Å².